The molecule has 120 valence electrons. The molecule has 0 unspecified atom stereocenters. The van der Waals surface area contributed by atoms with Crippen molar-refractivity contribution in [1.82, 2.24) is 25.4 Å². The maximum absolute atomic E-state index is 10.3. The van der Waals surface area contributed by atoms with Gasteiger partial charge in [-0.25, -0.2) is 9.98 Å². The lowest BCUT2D eigenvalue weighted by molar-refractivity contribution is 0.0522. The molecule has 21 heavy (non-hydrogen) atoms. The molecule has 0 atom stereocenters. The average Bonchev–Trinajstić information content (AvgIpc) is 3.03. The van der Waals surface area contributed by atoms with Gasteiger partial charge in [0.2, 0.25) is 0 Å². The Bertz CT molecular complexity index is 455. The molecule has 2 rings (SSSR count). The van der Waals surface area contributed by atoms with Crippen molar-refractivity contribution >= 4 is 29.9 Å². The second-order valence-electron chi connectivity index (χ2n) is 5.28. The predicted octanol–water partition coefficient (Wildman–Crippen LogP) is 0.793. The fourth-order valence-electron chi connectivity index (χ4n) is 2.41. The number of rotatable bonds is 5. The van der Waals surface area contributed by atoms with Crippen molar-refractivity contribution in [3.63, 3.8) is 0 Å². The minimum absolute atomic E-state index is 0. The third kappa shape index (κ3) is 5.42. The summed E-state index contributed by atoms with van der Waals surface area (Å²) < 4.78 is 1.71. The molecule has 1 heterocycles. The van der Waals surface area contributed by atoms with E-state index in [1.165, 1.54) is 6.33 Å². The Morgan fingerprint density at radius 1 is 1.43 bits per heavy atom. The Hall–Kier alpha value is -0.900. The normalized spacial score (nSPS) is 17.4. The first-order chi connectivity index (χ1) is 9.63. The van der Waals surface area contributed by atoms with Crippen molar-refractivity contribution in [2.75, 3.05) is 13.1 Å². The summed E-state index contributed by atoms with van der Waals surface area (Å²) >= 11 is 0. The summed E-state index contributed by atoms with van der Waals surface area (Å²) in [5.41, 5.74) is -0.582. The van der Waals surface area contributed by atoms with Crippen LogP contribution < -0.4 is 10.6 Å². The number of nitrogens with zero attached hydrogens (tertiary/aromatic N) is 4. The van der Waals surface area contributed by atoms with Crippen LogP contribution in [0.3, 0.4) is 0 Å². The highest BCUT2D eigenvalue weighted by Crippen LogP contribution is 2.28. The molecule has 0 bridgehead atoms. The molecule has 0 amide bonds. The molecule has 1 aromatic rings. The van der Waals surface area contributed by atoms with Crippen molar-refractivity contribution in [3.8, 4) is 0 Å². The molecule has 3 N–H and O–H groups in total. The quantitative estimate of drug-likeness (QED) is 0.381. The maximum atomic E-state index is 10.3. The van der Waals surface area contributed by atoms with Gasteiger partial charge in [0.05, 0.1) is 5.60 Å². The van der Waals surface area contributed by atoms with E-state index in [0.717, 1.165) is 38.1 Å². The Morgan fingerprint density at radius 3 is 2.71 bits per heavy atom. The van der Waals surface area contributed by atoms with Crippen LogP contribution in [0.5, 0.6) is 0 Å². The topological polar surface area (TPSA) is 87.4 Å². The highest BCUT2D eigenvalue weighted by atomic mass is 127. The Morgan fingerprint density at radius 2 is 2.14 bits per heavy atom. The fraction of sp³-hybridized carbons (Fsp3) is 0.769. The van der Waals surface area contributed by atoms with E-state index in [9.17, 15) is 5.11 Å². The van der Waals surface area contributed by atoms with Crippen LogP contribution in [-0.4, -0.2) is 44.5 Å². The van der Waals surface area contributed by atoms with Crippen molar-refractivity contribution < 1.29 is 5.11 Å². The molecule has 1 saturated carbocycles. The number of aryl methyl sites for hydroxylation is 1. The zero-order valence-electron chi connectivity index (χ0n) is 12.7. The lowest BCUT2D eigenvalue weighted by Gasteiger charge is -2.23. The van der Waals surface area contributed by atoms with Crippen LogP contribution in [0.1, 0.15) is 38.4 Å². The zero-order chi connectivity index (χ0) is 14.4. The van der Waals surface area contributed by atoms with Gasteiger partial charge < -0.3 is 15.7 Å². The molecule has 0 aliphatic heterocycles. The number of guanidine groups is 1. The third-order valence-corrected chi connectivity index (χ3v) is 3.65. The molecular weight excluding hydrogens is 383 g/mol. The number of aromatic nitrogens is 3. The fourth-order valence-corrected chi connectivity index (χ4v) is 2.41. The molecule has 1 fully saturated rings. The van der Waals surface area contributed by atoms with Gasteiger partial charge in [0.1, 0.15) is 18.7 Å². The highest BCUT2D eigenvalue weighted by Gasteiger charge is 2.30. The van der Waals surface area contributed by atoms with Crippen molar-refractivity contribution in [2.45, 2.75) is 44.8 Å². The van der Waals surface area contributed by atoms with Gasteiger partial charge in [-0.1, -0.05) is 12.8 Å². The molecule has 8 heteroatoms. The van der Waals surface area contributed by atoms with Gasteiger partial charge in [0.15, 0.2) is 5.96 Å². The molecule has 0 aromatic carbocycles. The Balaban J connectivity index is 0.00000220. The average molecular weight is 408 g/mol. The van der Waals surface area contributed by atoms with Crippen LogP contribution in [0.4, 0.5) is 0 Å². The van der Waals surface area contributed by atoms with Crippen LogP contribution in [0, 0.1) is 0 Å². The summed E-state index contributed by atoms with van der Waals surface area (Å²) in [5.74, 6) is 1.51. The number of halogens is 1. The first-order valence-electron chi connectivity index (χ1n) is 7.20. The molecule has 1 aliphatic carbocycles. The molecule has 7 nitrogen and oxygen atoms in total. The van der Waals surface area contributed by atoms with Crippen molar-refractivity contribution in [3.05, 3.63) is 12.2 Å². The summed E-state index contributed by atoms with van der Waals surface area (Å²) in [7, 11) is 1.85. The molecule has 0 radical (unpaired) electrons. The predicted molar refractivity (Wildman–Crippen MR) is 92.7 cm³/mol. The Kier molecular flexibility index (Phi) is 7.36. The van der Waals surface area contributed by atoms with Gasteiger partial charge in [0.25, 0.3) is 0 Å². The van der Waals surface area contributed by atoms with Gasteiger partial charge in [-0.15, -0.1) is 24.0 Å². The summed E-state index contributed by atoms with van der Waals surface area (Å²) in [6.07, 6.45) is 5.45. The van der Waals surface area contributed by atoms with E-state index in [1.54, 1.807) is 4.68 Å². The minimum atomic E-state index is -0.582. The standard InChI is InChI=1S/C13H24N6O.HI/c1-3-14-12(15-8-11-17-10-18-19(11)2)16-9-13(20)6-4-5-7-13;/h10,20H,3-9H2,1-2H3,(H2,14,15,16);1H. The number of nitrogens with one attached hydrogen (secondary N) is 2. The van der Waals surface area contributed by atoms with Gasteiger partial charge in [-0.05, 0) is 19.8 Å². The van der Waals surface area contributed by atoms with E-state index < -0.39 is 5.60 Å². The van der Waals surface area contributed by atoms with Gasteiger partial charge in [-0.2, -0.15) is 5.10 Å². The molecule has 1 aliphatic rings. The molecule has 0 spiro atoms. The number of aliphatic hydroxyl groups is 1. The molecule has 1 aromatic heterocycles. The lowest BCUT2D eigenvalue weighted by Crippen LogP contribution is -2.46. The second-order valence-corrected chi connectivity index (χ2v) is 5.28. The summed E-state index contributed by atoms with van der Waals surface area (Å²) in [6, 6.07) is 0. The van der Waals surface area contributed by atoms with E-state index in [2.05, 4.69) is 25.7 Å². The SMILES string of the molecule is CCNC(=NCc1ncnn1C)NCC1(O)CCCC1.I. The van der Waals surface area contributed by atoms with E-state index in [1.807, 2.05) is 14.0 Å². The van der Waals surface area contributed by atoms with Crippen molar-refractivity contribution in [1.29, 1.82) is 0 Å². The van der Waals surface area contributed by atoms with Crippen LogP contribution in [0.15, 0.2) is 11.3 Å². The molecule has 0 saturated heterocycles. The number of aliphatic imine (C=N–C) groups is 1. The van der Waals surface area contributed by atoms with Crippen molar-refractivity contribution in [2.24, 2.45) is 12.0 Å². The first-order valence-corrected chi connectivity index (χ1v) is 7.20. The monoisotopic (exact) mass is 408 g/mol. The summed E-state index contributed by atoms with van der Waals surface area (Å²) in [4.78, 5) is 8.61. The van der Waals surface area contributed by atoms with Gasteiger partial charge in [-0.3, -0.25) is 4.68 Å². The van der Waals surface area contributed by atoms with Crippen LogP contribution in [0.25, 0.3) is 0 Å². The number of hydrogen-bond acceptors (Lipinski definition) is 4. The Labute approximate surface area is 142 Å². The smallest absolute Gasteiger partial charge is 0.191 e. The summed E-state index contributed by atoms with van der Waals surface area (Å²) in [6.45, 7) is 3.80. The largest absolute Gasteiger partial charge is 0.388 e. The van der Waals surface area contributed by atoms with Crippen LogP contribution >= 0.6 is 24.0 Å². The minimum Gasteiger partial charge on any atom is -0.388 e. The third-order valence-electron chi connectivity index (χ3n) is 3.65. The van der Waals surface area contributed by atoms with E-state index in [-0.39, 0.29) is 24.0 Å². The highest BCUT2D eigenvalue weighted by molar-refractivity contribution is 14.0. The van der Waals surface area contributed by atoms with Gasteiger partial charge >= 0.3 is 0 Å². The zero-order valence-corrected chi connectivity index (χ0v) is 15.0. The maximum Gasteiger partial charge on any atom is 0.191 e. The van der Waals surface area contributed by atoms with Crippen LogP contribution in [0.2, 0.25) is 0 Å². The first kappa shape index (κ1) is 18.1. The number of hydrogen-bond donors (Lipinski definition) is 3. The van der Waals surface area contributed by atoms with E-state index in [0.29, 0.717) is 19.0 Å². The van der Waals surface area contributed by atoms with Crippen LogP contribution in [-0.2, 0) is 13.6 Å². The summed E-state index contributed by atoms with van der Waals surface area (Å²) in [5, 5.41) is 20.7. The van der Waals surface area contributed by atoms with E-state index in [4.69, 9.17) is 0 Å². The van der Waals surface area contributed by atoms with E-state index >= 15 is 0 Å². The van der Waals surface area contributed by atoms with Gasteiger partial charge in [0, 0.05) is 20.1 Å². The molecular formula is C13H25IN6O. The second kappa shape index (κ2) is 8.52. The lowest BCUT2D eigenvalue weighted by atomic mass is 10.0.